The molecule has 0 spiro atoms. The van der Waals surface area contributed by atoms with Crippen LogP contribution in [0.4, 0.5) is 5.69 Å². The van der Waals surface area contributed by atoms with Crippen LogP contribution in [0.25, 0.3) is 10.2 Å². The fourth-order valence-corrected chi connectivity index (χ4v) is 3.35. The number of fused-ring (bicyclic) bond motifs is 1. The van der Waals surface area contributed by atoms with Gasteiger partial charge in [0.25, 0.3) is 0 Å². The van der Waals surface area contributed by atoms with E-state index < -0.39 is 0 Å². The third kappa shape index (κ3) is 2.99. The van der Waals surface area contributed by atoms with Gasteiger partial charge < -0.3 is 5.32 Å². The Bertz CT molecular complexity index is 689. The van der Waals surface area contributed by atoms with Crippen molar-refractivity contribution in [3.05, 3.63) is 59.1 Å². The second-order valence-corrected chi connectivity index (χ2v) is 6.04. The van der Waals surface area contributed by atoms with Gasteiger partial charge in [-0.3, -0.25) is 0 Å². The first-order valence-corrected chi connectivity index (χ1v) is 7.78. The summed E-state index contributed by atoms with van der Waals surface area (Å²) >= 11 is 1.82. The van der Waals surface area contributed by atoms with Gasteiger partial charge in [-0.1, -0.05) is 30.3 Å². The third-order valence-corrected chi connectivity index (χ3v) is 4.42. The Labute approximate surface area is 123 Å². The van der Waals surface area contributed by atoms with Crippen molar-refractivity contribution in [2.75, 3.05) is 11.9 Å². The summed E-state index contributed by atoms with van der Waals surface area (Å²) in [7, 11) is 0. The lowest BCUT2D eigenvalue weighted by molar-refractivity contribution is 0.857. The van der Waals surface area contributed by atoms with E-state index in [9.17, 15) is 0 Å². The molecule has 102 valence electrons. The molecule has 0 aliphatic rings. The van der Waals surface area contributed by atoms with Crippen molar-refractivity contribution >= 4 is 27.2 Å². The molecule has 1 heterocycles. The zero-order valence-corrected chi connectivity index (χ0v) is 12.4. The van der Waals surface area contributed by atoms with Gasteiger partial charge in [-0.2, -0.15) is 0 Å². The number of hydrogen-bond donors (Lipinski definition) is 1. The van der Waals surface area contributed by atoms with E-state index in [-0.39, 0.29) is 0 Å². The fraction of sp³-hybridized carbons (Fsp3) is 0.235. The molecule has 3 aromatic rings. The number of aryl methyl sites for hydroxylation is 2. The summed E-state index contributed by atoms with van der Waals surface area (Å²) in [6, 6.07) is 16.7. The highest BCUT2D eigenvalue weighted by Crippen LogP contribution is 2.25. The molecule has 0 aliphatic heterocycles. The first-order valence-electron chi connectivity index (χ1n) is 6.97. The van der Waals surface area contributed by atoms with Crippen LogP contribution in [0.5, 0.6) is 0 Å². The van der Waals surface area contributed by atoms with Gasteiger partial charge in [-0.25, -0.2) is 4.98 Å². The van der Waals surface area contributed by atoms with Crippen molar-refractivity contribution in [2.45, 2.75) is 19.8 Å². The summed E-state index contributed by atoms with van der Waals surface area (Å²) in [4.78, 5) is 4.75. The van der Waals surface area contributed by atoms with Crippen LogP contribution in [0, 0.1) is 6.92 Å². The average molecular weight is 282 g/mol. The van der Waals surface area contributed by atoms with Crippen LogP contribution >= 0.6 is 11.3 Å². The minimum atomic E-state index is 0.985. The van der Waals surface area contributed by atoms with E-state index in [0.29, 0.717) is 0 Å². The highest BCUT2D eigenvalue weighted by atomic mass is 32.1. The molecule has 0 saturated carbocycles. The van der Waals surface area contributed by atoms with Crippen LogP contribution in [0.1, 0.15) is 17.0 Å². The van der Waals surface area contributed by atoms with Gasteiger partial charge in [-0.05, 0) is 37.1 Å². The Morgan fingerprint density at radius 3 is 2.70 bits per heavy atom. The summed E-state index contributed by atoms with van der Waals surface area (Å²) in [5.41, 5.74) is 3.63. The van der Waals surface area contributed by atoms with Gasteiger partial charge in [0.1, 0.15) is 0 Å². The topological polar surface area (TPSA) is 24.9 Å². The number of thiazole rings is 1. The van der Waals surface area contributed by atoms with Crippen molar-refractivity contribution < 1.29 is 0 Å². The quantitative estimate of drug-likeness (QED) is 0.689. The maximum absolute atomic E-state index is 4.75. The van der Waals surface area contributed by atoms with E-state index in [4.69, 9.17) is 4.98 Å². The first kappa shape index (κ1) is 13.1. The predicted octanol–water partition coefficient (Wildman–Crippen LogP) is 4.65. The Morgan fingerprint density at radius 2 is 1.90 bits per heavy atom. The van der Waals surface area contributed by atoms with Crippen LogP contribution in [0.3, 0.4) is 0 Å². The van der Waals surface area contributed by atoms with Gasteiger partial charge in [-0.15, -0.1) is 11.3 Å². The second kappa shape index (κ2) is 6.06. The van der Waals surface area contributed by atoms with Crippen LogP contribution in [0.15, 0.2) is 48.5 Å². The molecule has 0 fully saturated rings. The van der Waals surface area contributed by atoms with E-state index in [1.54, 1.807) is 0 Å². The molecule has 2 nitrogen and oxygen atoms in total. The molecule has 3 rings (SSSR count). The number of hydrogen-bond acceptors (Lipinski definition) is 3. The first-order chi connectivity index (χ1) is 9.83. The highest BCUT2D eigenvalue weighted by Gasteiger charge is 2.05. The molecular weight excluding hydrogens is 264 g/mol. The summed E-state index contributed by atoms with van der Waals surface area (Å²) < 4.78 is 1.30. The molecule has 2 aromatic carbocycles. The molecule has 0 radical (unpaired) electrons. The summed E-state index contributed by atoms with van der Waals surface area (Å²) in [6.45, 7) is 3.11. The molecule has 0 atom stereocenters. The fourth-order valence-electron chi connectivity index (χ4n) is 2.27. The number of benzene rings is 2. The SMILES string of the molecule is Cc1cccc2sc(CCCNc3ccccc3)nc12. The van der Waals surface area contributed by atoms with E-state index >= 15 is 0 Å². The molecule has 0 unspecified atom stereocenters. The highest BCUT2D eigenvalue weighted by molar-refractivity contribution is 7.18. The number of para-hydroxylation sites is 2. The minimum Gasteiger partial charge on any atom is -0.385 e. The van der Waals surface area contributed by atoms with E-state index in [0.717, 1.165) is 19.4 Å². The van der Waals surface area contributed by atoms with Gasteiger partial charge >= 0.3 is 0 Å². The lowest BCUT2D eigenvalue weighted by atomic mass is 10.2. The normalized spacial score (nSPS) is 10.8. The number of anilines is 1. The monoisotopic (exact) mass is 282 g/mol. The molecular formula is C17H18N2S. The van der Waals surface area contributed by atoms with Gasteiger partial charge in [0, 0.05) is 18.7 Å². The van der Waals surface area contributed by atoms with Gasteiger partial charge in [0.15, 0.2) is 0 Å². The second-order valence-electron chi connectivity index (χ2n) is 4.93. The molecule has 1 N–H and O–H groups in total. The zero-order chi connectivity index (χ0) is 13.8. The molecule has 0 bridgehead atoms. The van der Waals surface area contributed by atoms with Crippen molar-refractivity contribution in [1.29, 1.82) is 0 Å². The number of nitrogens with one attached hydrogen (secondary N) is 1. The van der Waals surface area contributed by atoms with Crippen molar-refractivity contribution in [3.63, 3.8) is 0 Å². The van der Waals surface area contributed by atoms with Gasteiger partial charge in [0.2, 0.25) is 0 Å². The van der Waals surface area contributed by atoms with E-state index in [1.807, 2.05) is 17.4 Å². The number of nitrogens with zero attached hydrogens (tertiary/aromatic N) is 1. The third-order valence-electron chi connectivity index (χ3n) is 3.34. The summed E-state index contributed by atoms with van der Waals surface area (Å²) in [5.74, 6) is 0. The number of rotatable bonds is 5. The van der Waals surface area contributed by atoms with Crippen molar-refractivity contribution in [2.24, 2.45) is 0 Å². The molecule has 0 amide bonds. The average Bonchev–Trinajstić information content (AvgIpc) is 2.89. The Morgan fingerprint density at radius 1 is 1.05 bits per heavy atom. The maximum atomic E-state index is 4.75. The molecule has 20 heavy (non-hydrogen) atoms. The number of aromatic nitrogens is 1. The Hall–Kier alpha value is -1.87. The molecule has 0 aliphatic carbocycles. The molecule has 0 saturated heterocycles. The predicted molar refractivity (Wildman–Crippen MR) is 87.6 cm³/mol. The lowest BCUT2D eigenvalue weighted by Crippen LogP contribution is -2.02. The van der Waals surface area contributed by atoms with Crippen LogP contribution in [-0.2, 0) is 6.42 Å². The minimum absolute atomic E-state index is 0.985. The van der Waals surface area contributed by atoms with Crippen LogP contribution < -0.4 is 5.32 Å². The van der Waals surface area contributed by atoms with Crippen LogP contribution in [-0.4, -0.2) is 11.5 Å². The van der Waals surface area contributed by atoms with E-state index in [1.165, 1.54) is 26.5 Å². The summed E-state index contributed by atoms with van der Waals surface area (Å²) in [5, 5.41) is 4.68. The van der Waals surface area contributed by atoms with Crippen molar-refractivity contribution in [3.8, 4) is 0 Å². The smallest absolute Gasteiger partial charge is 0.0939 e. The zero-order valence-electron chi connectivity index (χ0n) is 11.6. The Balaban J connectivity index is 1.56. The van der Waals surface area contributed by atoms with E-state index in [2.05, 4.69) is 54.7 Å². The largest absolute Gasteiger partial charge is 0.385 e. The standard InChI is InChI=1S/C17H18N2S/c1-13-7-5-10-15-17(13)19-16(20-15)11-6-12-18-14-8-3-2-4-9-14/h2-5,7-10,18H,6,11-12H2,1H3. The maximum Gasteiger partial charge on any atom is 0.0939 e. The van der Waals surface area contributed by atoms with Crippen LogP contribution in [0.2, 0.25) is 0 Å². The van der Waals surface area contributed by atoms with Crippen molar-refractivity contribution in [1.82, 2.24) is 4.98 Å². The summed E-state index contributed by atoms with van der Waals surface area (Å²) in [6.07, 6.45) is 2.15. The van der Waals surface area contributed by atoms with Gasteiger partial charge in [0.05, 0.1) is 15.2 Å². The lowest BCUT2D eigenvalue weighted by Gasteiger charge is -2.04. The molecule has 3 heteroatoms. The Kier molecular flexibility index (Phi) is 3.97. The molecule has 1 aromatic heterocycles.